The molecule has 1 rings (SSSR count). The standard InChI is InChI=1S/C21H39N3O3.H2/c1-5-11-22-15-18(21(26)23-12-6-13-27-4)9-7-17-8-10-19(16-24(2)3)20(25)14-17;/h16-18,22H,5-15H2,1-4H3,(H,23,26);1H/b19-16+;/t17?,18-;/m1./s1. The zero-order valence-electron chi connectivity index (χ0n) is 17.7. The Morgan fingerprint density at radius 2 is 2.19 bits per heavy atom. The summed E-state index contributed by atoms with van der Waals surface area (Å²) >= 11 is 0. The van der Waals surface area contributed by atoms with Crippen LogP contribution in [0.25, 0.3) is 0 Å². The van der Waals surface area contributed by atoms with Gasteiger partial charge in [0.05, 0.1) is 5.92 Å². The van der Waals surface area contributed by atoms with Crippen molar-refractivity contribution in [3.63, 3.8) is 0 Å². The van der Waals surface area contributed by atoms with Gasteiger partial charge in [-0.05, 0) is 51.0 Å². The molecule has 0 aromatic rings. The van der Waals surface area contributed by atoms with Gasteiger partial charge in [-0.2, -0.15) is 0 Å². The average Bonchev–Trinajstić information content (AvgIpc) is 2.63. The van der Waals surface area contributed by atoms with Crippen molar-refractivity contribution in [3.8, 4) is 0 Å². The summed E-state index contributed by atoms with van der Waals surface area (Å²) in [6.07, 6.45) is 8.10. The van der Waals surface area contributed by atoms with Crippen molar-refractivity contribution >= 4 is 11.7 Å². The molecule has 2 N–H and O–H groups in total. The van der Waals surface area contributed by atoms with E-state index in [1.165, 1.54) is 0 Å². The Kier molecular flexibility index (Phi) is 12.0. The lowest BCUT2D eigenvalue weighted by Crippen LogP contribution is -2.38. The first kappa shape index (κ1) is 23.6. The largest absolute Gasteiger partial charge is 0.385 e. The Labute approximate surface area is 166 Å². The highest BCUT2D eigenvalue weighted by atomic mass is 16.5. The molecule has 6 heteroatoms. The minimum Gasteiger partial charge on any atom is -0.385 e. The molecule has 0 aromatic heterocycles. The van der Waals surface area contributed by atoms with Gasteiger partial charge in [-0.25, -0.2) is 0 Å². The van der Waals surface area contributed by atoms with Crippen LogP contribution in [0.15, 0.2) is 11.8 Å². The highest BCUT2D eigenvalue weighted by Crippen LogP contribution is 2.30. The number of amides is 1. The first-order chi connectivity index (χ1) is 13.0. The van der Waals surface area contributed by atoms with E-state index < -0.39 is 0 Å². The van der Waals surface area contributed by atoms with Gasteiger partial charge in [0.15, 0.2) is 5.78 Å². The van der Waals surface area contributed by atoms with Crippen LogP contribution in [0.2, 0.25) is 0 Å². The van der Waals surface area contributed by atoms with Crippen molar-refractivity contribution in [2.45, 2.75) is 51.9 Å². The van der Waals surface area contributed by atoms with Crippen LogP contribution in [0, 0.1) is 11.8 Å². The fourth-order valence-corrected chi connectivity index (χ4v) is 3.48. The molecule has 0 heterocycles. The molecule has 6 nitrogen and oxygen atoms in total. The van der Waals surface area contributed by atoms with Crippen molar-refractivity contribution in [2.75, 3.05) is 47.4 Å². The summed E-state index contributed by atoms with van der Waals surface area (Å²) in [7, 11) is 5.57. The van der Waals surface area contributed by atoms with Crippen LogP contribution >= 0.6 is 0 Å². The maximum Gasteiger partial charge on any atom is 0.224 e. The molecule has 158 valence electrons. The van der Waals surface area contributed by atoms with E-state index in [9.17, 15) is 9.59 Å². The van der Waals surface area contributed by atoms with E-state index in [0.717, 1.165) is 50.6 Å². The van der Waals surface area contributed by atoms with Crippen LogP contribution in [-0.4, -0.2) is 64.0 Å². The minimum atomic E-state index is -0.0343. The van der Waals surface area contributed by atoms with Gasteiger partial charge in [0.25, 0.3) is 0 Å². The van der Waals surface area contributed by atoms with Crippen molar-refractivity contribution in [1.82, 2.24) is 15.5 Å². The van der Waals surface area contributed by atoms with E-state index >= 15 is 0 Å². The highest BCUT2D eigenvalue weighted by molar-refractivity contribution is 5.96. The van der Waals surface area contributed by atoms with Gasteiger partial charge in [-0.15, -0.1) is 0 Å². The summed E-state index contributed by atoms with van der Waals surface area (Å²) in [6, 6.07) is 0. The van der Waals surface area contributed by atoms with Crippen LogP contribution in [-0.2, 0) is 14.3 Å². The maximum absolute atomic E-state index is 12.5. The summed E-state index contributed by atoms with van der Waals surface area (Å²) in [4.78, 5) is 26.8. The summed E-state index contributed by atoms with van der Waals surface area (Å²) in [5.41, 5.74) is 0.938. The number of rotatable bonds is 13. The van der Waals surface area contributed by atoms with Crippen LogP contribution in [0.4, 0.5) is 0 Å². The summed E-state index contributed by atoms with van der Waals surface area (Å²) in [6.45, 7) is 5.06. The van der Waals surface area contributed by atoms with Gasteiger partial charge in [0.2, 0.25) is 5.91 Å². The lowest BCUT2D eigenvalue weighted by Gasteiger charge is -2.25. The van der Waals surface area contributed by atoms with E-state index in [-0.39, 0.29) is 19.0 Å². The van der Waals surface area contributed by atoms with Crippen LogP contribution < -0.4 is 10.6 Å². The molecule has 0 aliphatic heterocycles. The third-order valence-electron chi connectivity index (χ3n) is 5.00. The first-order valence-electron chi connectivity index (χ1n) is 10.4. The first-order valence-corrected chi connectivity index (χ1v) is 10.4. The lowest BCUT2D eigenvalue weighted by atomic mass is 9.81. The number of hydrogen-bond donors (Lipinski definition) is 2. The average molecular weight is 384 g/mol. The topological polar surface area (TPSA) is 70.7 Å². The Morgan fingerprint density at radius 1 is 1.41 bits per heavy atom. The smallest absolute Gasteiger partial charge is 0.224 e. The van der Waals surface area contributed by atoms with E-state index in [4.69, 9.17) is 4.74 Å². The summed E-state index contributed by atoms with van der Waals surface area (Å²) in [5.74, 6) is 0.745. The lowest BCUT2D eigenvalue weighted by molar-refractivity contribution is -0.125. The van der Waals surface area contributed by atoms with Gasteiger partial charge in [0.1, 0.15) is 0 Å². The van der Waals surface area contributed by atoms with Gasteiger partial charge < -0.3 is 20.3 Å². The Hall–Kier alpha value is -1.40. The van der Waals surface area contributed by atoms with Gasteiger partial charge in [-0.1, -0.05) is 6.92 Å². The molecular formula is C21H41N3O3. The van der Waals surface area contributed by atoms with Crippen molar-refractivity contribution in [2.24, 2.45) is 11.8 Å². The molecule has 2 atom stereocenters. The fraction of sp³-hybridized carbons (Fsp3) is 0.810. The second-order valence-corrected chi connectivity index (χ2v) is 7.77. The number of nitrogens with one attached hydrogen (secondary N) is 2. The molecular weight excluding hydrogens is 342 g/mol. The van der Waals surface area contributed by atoms with Crippen LogP contribution in [0.1, 0.15) is 53.3 Å². The molecule has 0 aromatic carbocycles. The molecule has 0 bridgehead atoms. The highest BCUT2D eigenvalue weighted by Gasteiger charge is 2.26. The number of nitrogens with zero attached hydrogens (tertiary/aromatic N) is 1. The molecule has 1 unspecified atom stereocenters. The van der Waals surface area contributed by atoms with E-state index in [1.807, 2.05) is 25.2 Å². The number of allylic oxidation sites excluding steroid dienone is 1. The number of methoxy groups -OCH3 is 1. The molecule has 1 aliphatic rings. The van der Waals surface area contributed by atoms with Crippen molar-refractivity contribution < 1.29 is 15.8 Å². The normalized spacial score (nSPS) is 19.9. The SMILES string of the molecule is CCCNC[C@@H](CCC1CC/C(=C\N(C)C)C(=O)C1)C(=O)NCCCOC.[HH]. The van der Waals surface area contributed by atoms with E-state index in [1.54, 1.807) is 7.11 Å². The Morgan fingerprint density at radius 3 is 2.81 bits per heavy atom. The van der Waals surface area contributed by atoms with Gasteiger partial charge >= 0.3 is 0 Å². The molecule has 0 spiro atoms. The number of ketones is 1. The zero-order valence-corrected chi connectivity index (χ0v) is 17.7. The van der Waals surface area contributed by atoms with Crippen molar-refractivity contribution in [3.05, 3.63) is 11.8 Å². The fourth-order valence-electron chi connectivity index (χ4n) is 3.48. The molecule has 0 saturated heterocycles. The molecule has 27 heavy (non-hydrogen) atoms. The number of carbonyl (C=O) groups is 2. The summed E-state index contributed by atoms with van der Waals surface area (Å²) in [5, 5.41) is 6.40. The van der Waals surface area contributed by atoms with Gasteiger partial charge in [-0.3, -0.25) is 9.59 Å². The third kappa shape index (κ3) is 9.91. The predicted octanol–water partition coefficient (Wildman–Crippen LogP) is 2.60. The van der Waals surface area contributed by atoms with Crippen molar-refractivity contribution in [1.29, 1.82) is 0 Å². The maximum atomic E-state index is 12.5. The number of carbonyl (C=O) groups excluding carboxylic acids is 2. The Bertz CT molecular complexity index is 484. The quantitative estimate of drug-likeness (QED) is 0.378. The molecule has 1 amide bonds. The number of ether oxygens (including phenoxy) is 1. The van der Waals surface area contributed by atoms with Crippen LogP contribution in [0.5, 0.6) is 0 Å². The van der Waals surface area contributed by atoms with E-state index in [0.29, 0.717) is 32.0 Å². The number of Topliss-reactive ketones (excluding diaryl/α,β-unsaturated/α-hetero) is 1. The van der Waals surface area contributed by atoms with Crippen LogP contribution in [0.3, 0.4) is 0 Å². The second-order valence-electron chi connectivity index (χ2n) is 7.77. The second kappa shape index (κ2) is 13.7. The number of hydrogen-bond acceptors (Lipinski definition) is 5. The molecule has 0 radical (unpaired) electrons. The predicted molar refractivity (Wildman–Crippen MR) is 112 cm³/mol. The third-order valence-corrected chi connectivity index (χ3v) is 5.00. The van der Waals surface area contributed by atoms with Gasteiger partial charge in [0, 0.05) is 60.5 Å². The summed E-state index contributed by atoms with van der Waals surface area (Å²) < 4.78 is 5.03. The molecule has 1 fully saturated rings. The Balaban J connectivity index is 0.00000729. The van der Waals surface area contributed by atoms with E-state index in [2.05, 4.69) is 17.6 Å². The molecule has 1 saturated carbocycles. The monoisotopic (exact) mass is 383 g/mol. The molecule has 1 aliphatic carbocycles. The minimum absolute atomic E-state index is 0. The zero-order chi connectivity index (χ0) is 20.1.